The van der Waals surface area contributed by atoms with Crippen LogP contribution in [0.5, 0.6) is 0 Å². The zero-order chi connectivity index (χ0) is 21.4. The van der Waals surface area contributed by atoms with Gasteiger partial charge in [0, 0.05) is 11.3 Å². The van der Waals surface area contributed by atoms with Gasteiger partial charge < -0.3 is 9.47 Å². The first-order valence-electron chi connectivity index (χ1n) is 9.89. The standard InChI is InChI=1S/C22H24N2O4S2/c1-12(2)16-10-15-17(11-28-16)30-19-18(15)20(25)24(14-8-6-5-7-9-14)22(23-19)29-13(3)21(26)27-4/h5-9,12-13,16H,10-11H2,1-4H3. The molecule has 0 saturated heterocycles. The molecule has 8 heteroatoms. The van der Waals surface area contributed by atoms with E-state index >= 15 is 0 Å². The number of hydrogen-bond donors (Lipinski definition) is 0. The Kier molecular flexibility index (Phi) is 5.99. The van der Waals surface area contributed by atoms with Gasteiger partial charge in [0.25, 0.3) is 5.56 Å². The molecule has 30 heavy (non-hydrogen) atoms. The lowest BCUT2D eigenvalue weighted by Crippen LogP contribution is -2.28. The smallest absolute Gasteiger partial charge is 0.318 e. The van der Waals surface area contributed by atoms with Crippen LogP contribution in [0.2, 0.25) is 0 Å². The van der Waals surface area contributed by atoms with E-state index in [-0.39, 0.29) is 17.6 Å². The van der Waals surface area contributed by atoms with Gasteiger partial charge in [-0.1, -0.05) is 43.8 Å². The summed E-state index contributed by atoms with van der Waals surface area (Å²) >= 11 is 2.74. The second-order valence-electron chi connectivity index (χ2n) is 7.64. The van der Waals surface area contributed by atoms with Crippen molar-refractivity contribution in [3.63, 3.8) is 0 Å². The normalized spacial score (nSPS) is 17.2. The molecular weight excluding hydrogens is 420 g/mol. The highest BCUT2D eigenvalue weighted by atomic mass is 32.2. The van der Waals surface area contributed by atoms with Gasteiger partial charge in [-0.3, -0.25) is 14.2 Å². The van der Waals surface area contributed by atoms with Gasteiger partial charge >= 0.3 is 5.97 Å². The molecule has 1 aliphatic rings. The van der Waals surface area contributed by atoms with E-state index in [1.807, 2.05) is 30.3 Å². The summed E-state index contributed by atoms with van der Waals surface area (Å²) in [6.45, 7) is 6.52. The third-order valence-electron chi connectivity index (χ3n) is 5.28. The first-order valence-corrected chi connectivity index (χ1v) is 11.6. The highest BCUT2D eigenvalue weighted by Gasteiger charge is 2.29. The Morgan fingerprint density at radius 3 is 2.70 bits per heavy atom. The van der Waals surface area contributed by atoms with Gasteiger partial charge in [0.2, 0.25) is 0 Å². The number of benzene rings is 1. The summed E-state index contributed by atoms with van der Waals surface area (Å²) in [6.07, 6.45) is 0.803. The highest BCUT2D eigenvalue weighted by Crippen LogP contribution is 2.36. The minimum absolute atomic E-state index is 0.0910. The van der Waals surface area contributed by atoms with Crippen LogP contribution in [0.3, 0.4) is 0 Å². The van der Waals surface area contributed by atoms with Crippen molar-refractivity contribution in [3.8, 4) is 5.69 Å². The molecule has 0 N–H and O–H groups in total. The quantitative estimate of drug-likeness (QED) is 0.334. The Morgan fingerprint density at radius 1 is 1.30 bits per heavy atom. The van der Waals surface area contributed by atoms with Crippen molar-refractivity contribution in [1.29, 1.82) is 0 Å². The van der Waals surface area contributed by atoms with Crippen LogP contribution in [-0.4, -0.2) is 34.0 Å². The first kappa shape index (κ1) is 21.1. The molecule has 2 unspecified atom stereocenters. The van der Waals surface area contributed by atoms with Gasteiger partial charge in [-0.05, 0) is 30.5 Å². The molecule has 0 amide bonds. The number of esters is 1. The SMILES string of the molecule is COC(=O)C(C)Sc1nc2sc3c(c2c(=O)n1-c1ccccc1)CC(C(C)C)OC3. The van der Waals surface area contributed by atoms with Crippen molar-refractivity contribution in [2.45, 2.75) is 50.3 Å². The fraction of sp³-hybridized carbons (Fsp3) is 0.409. The number of methoxy groups -OCH3 is 1. The van der Waals surface area contributed by atoms with E-state index < -0.39 is 5.25 Å². The predicted molar refractivity (Wildman–Crippen MR) is 120 cm³/mol. The van der Waals surface area contributed by atoms with Gasteiger partial charge in [-0.2, -0.15) is 0 Å². The largest absolute Gasteiger partial charge is 0.468 e. The first-order chi connectivity index (χ1) is 14.4. The number of carbonyl (C=O) groups is 1. The maximum absolute atomic E-state index is 13.7. The van der Waals surface area contributed by atoms with Crippen molar-refractivity contribution in [3.05, 3.63) is 51.1 Å². The van der Waals surface area contributed by atoms with Crippen LogP contribution in [0.4, 0.5) is 0 Å². The number of carbonyl (C=O) groups excluding carboxylic acids is 1. The third-order valence-corrected chi connectivity index (χ3v) is 7.41. The van der Waals surface area contributed by atoms with Crippen molar-refractivity contribution in [1.82, 2.24) is 9.55 Å². The number of ether oxygens (including phenoxy) is 2. The van der Waals surface area contributed by atoms with Gasteiger partial charge in [-0.25, -0.2) is 4.98 Å². The number of fused-ring (bicyclic) bond motifs is 3. The fourth-order valence-corrected chi connectivity index (χ4v) is 5.71. The summed E-state index contributed by atoms with van der Waals surface area (Å²) < 4.78 is 12.5. The molecule has 1 aliphatic heterocycles. The molecule has 0 radical (unpaired) electrons. The van der Waals surface area contributed by atoms with Crippen LogP contribution in [0, 0.1) is 5.92 Å². The lowest BCUT2D eigenvalue weighted by atomic mass is 9.96. The van der Waals surface area contributed by atoms with Crippen LogP contribution in [0.25, 0.3) is 15.9 Å². The molecule has 0 saturated carbocycles. The van der Waals surface area contributed by atoms with E-state index in [2.05, 4.69) is 13.8 Å². The van der Waals surface area contributed by atoms with E-state index in [0.29, 0.717) is 34.3 Å². The lowest BCUT2D eigenvalue weighted by molar-refractivity contribution is -0.139. The molecule has 6 nitrogen and oxygen atoms in total. The summed E-state index contributed by atoms with van der Waals surface area (Å²) in [5, 5.41) is 0.664. The van der Waals surface area contributed by atoms with Crippen molar-refractivity contribution in [2.24, 2.45) is 5.92 Å². The summed E-state index contributed by atoms with van der Waals surface area (Å²) in [5.41, 5.74) is 1.68. The Morgan fingerprint density at radius 2 is 2.03 bits per heavy atom. The fourth-order valence-electron chi connectivity index (χ4n) is 3.59. The van der Waals surface area contributed by atoms with Gasteiger partial charge in [0.1, 0.15) is 10.1 Å². The molecule has 1 aromatic carbocycles. The molecule has 2 aromatic heterocycles. The zero-order valence-corrected chi connectivity index (χ0v) is 19.0. The Hall–Kier alpha value is -2.16. The van der Waals surface area contributed by atoms with Gasteiger partial charge in [0.15, 0.2) is 5.16 Å². The van der Waals surface area contributed by atoms with E-state index in [1.165, 1.54) is 30.2 Å². The van der Waals surface area contributed by atoms with Gasteiger partial charge in [0.05, 0.1) is 30.9 Å². The van der Waals surface area contributed by atoms with Gasteiger partial charge in [-0.15, -0.1) is 11.3 Å². The Labute approximate surface area is 183 Å². The van der Waals surface area contributed by atoms with E-state index in [4.69, 9.17) is 14.5 Å². The molecule has 2 atom stereocenters. The molecule has 158 valence electrons. The Bertz CT molecular complexity index is 1140. The minimum Gasteiger partial charge on any atom is -0.468 e. The number of thiophene rings is 1. The van der Waals surface area contributed by atoms with Crippen LogP contribution < -0.4 is 5.56 Å². The van der Waals surface area contributed by atoms with Crippen LogP contribution >= 0.6 is 23.1 Å². The molecule has 4 rings (SSSR count). The lowest BCUT2D eigenvalue weighted by Gasteiger charge is -2.26. The van der Waals surface area contributed by atoms with E-state index in [0.717, 1.165) is 16.1 Å². The summed E-state index contributed by atoms with van der Waals surface area (Å²) in [4.78, 5) is 32.3. The van der Waals surface area contributed by atoms with Crippen molar-refractivity contribution < 1.29 is 14.3 Å². The maximum Gasteiger partial charge on any atom is 0.318 e. The molecule has 3 aromatic rings. The number of para-hydroxylation sites is 1. The van der Waals surface area contributed by atoms with Crippen LogP contribution in [0.1, 0.15) is 31.2 Å². The average Bonchev–Trinajstić information content (AvgIpc) is 3.11. The topological polar surface area (TPSA) is 70.4 Å². The van der Waals surface area contributed by atoms with E-state index in [9.17, 15) is 9.59 Å². The minimum atomic E-state index is -0.488. The molecule has 0 fully saturated rings. The predicted octanol–water partition coefficient (Wildman–Crippen LogP) is 4.20. The second kappa shape index (κ2) is 8.53. The highest BCUT2D eigenvalue weighted by molar-refractivity contribution is 8.00. The number of thioether (sulfide) groups is 1. The molecule has 0 aliphatic carbocycles. The van der Waals surface area contributed by atoms with Crippen molar-refractivity contribution in [2.75, 3.05) is 7.11 Å². The maximum atomic E-state index is 13.7. The zero-order valence-electron chi connectivity index (χ0n) is 17.4. The van der Waals surface area contributed by atoms with Crippen molar-refractivity contribution >= 4 is 39.3 Å². The number of nitrogens with zero attached hydrogens (tertiary/aromatic N) is 2. The number of rotatable bonds is 5. The average molecular weight is 445 g/mol. The summed E-state index contributed by atoms with van der Waals surface area (Å²) in [6, 6.07) is 9.43. The molecule has 3 heterocycles. The molecule has 0 spiro atoms. The monoisotopic (exact) mass is 444 g/mol. The second-order valence-corrected chi connectivity index (χ2v) is 10.0. The Balaban J connectivity index is 1.92. The summed E-state index contributed by atoms with van der Waals surface area (Å²) in [5.74, 6) is 0.0146. The van der Waals surface area contributed by atoms with Crippen LogP contribution in [-0.2, 0) is 27.3 Å². The molecular formula is C22H24N2O4S2. The number of hydrogen-bond acceptors (Lipinski definition) is 7. The van der Waals surface area contributed by atoms with Crippen LogP contribution in [0.15, 0.2) is 40.3 Å². The molecule has 0 bridgehead atoms. The summed E-state index contributed by atoms with van der Waals surface area (Å²) in [7, 11) is 1.36. The van der Waals surface area contributed by atoms with E-state index in [1.54, 1.807) is 11.5 Å². The third kappa shape index (κ3) is 3.79. The number of aromatic nitrogens is 2.